The molecule has 0 bridgehead atoms. The smallest absolute Gasteiger partial charge is 0.194 e. The molecule has 0 amide bonds. The lowest BCUT2D eigenvalue weighted by Gasteiger charge is -2.15. The number of rotatable bonds is 7. The molecule has 30 heavy (non-hydrogen) atoms. The van der Waals surface area contributed by atoms with Gasteiger partial charge in [0.1, 0.15) is 30.3 Å². The molecule has 4 aromatic rings. The van der Waals surface area contributed by atoms with Gasteiger partial charge in [-0.05, 0) is 61.9 Å². The van der Waals surface area contributed by atoms with Gasteiger partial charge in [0, 0.05) is 11.9 Å². The van der Waals surface area contributed by atoms with E-state index >= 15 is 0 Å². The average molecular weight is 402 g/mol. The molecule has 0 aliphatic carbocycles. The molecule has 0 saturated carbocycles. The number of nitrogens with zero attached hydrogens (tertiary/aromatic N) is 3. The van der Waals surface area contributed by atoms with Crippen LogP contribution < -0.4 is 14.8 Å². The van der Waals surface area contributed by atoms with Gasteiger partial charge in [0.25, 0.3) is 0 Å². The molecule has 152 valence electrons. The maximum Gasteiger partial charge on any atom is 0.194 e. The van der Waals surface area contributed by atoms with Gasteiger partial charge < -0.3 is 19.9 Å². The zero-order valence-electron chi connectivity index (χ0n) is 16.7. The van der Waals surface area contributed by atoms with Crippen molar-refractivity contribution < 1.29 is 14.6 Å². The third-order valence-corrected chi connectivity index (χ3v) is 4.46. The van der Waals surface area contributed by atoms with E-state index in [4.69, 9.17) is 9.47 Å². The zero-order valence-corrected chi connectivity index (χ0v) is 16.7. The number of aryl methyl sites for hydroxylation is 1. The quantitative estimate of drug-likeness (QED) is 0.444. The van der Waals surface area contributed by atoms with E-state index in [-0.39, 0.29) is 0 Å². The molecule has 0 aliphatic heterocycles. The van der Waals surface area contributed by atoms with Crippen LogP contribution in [0.3, 0.4) is 0 Å². The summed E-state index contributed by atoms with van der Waals surface area (Å²) in [6.07, 6.45) is 2.30. The highest BCUT2D eigenvalue weighted by atomic mass is 16.6. The summed E-state index contributed by atoms with van der Waals surface area (Å²) in [5, 5.41) is 13.7. The summed E-state index contributed by atoms with van der Waals surface area (Å²) in [5.41, 5.74) is 3.43. The zero-order chi connectivity index (χ0) is 20.9. The standard InChI is InChI=1S/C23H22N4O3/c1-15-12-17(9-10-20(15)29-13-18-6-3-4-11-24-18)27-23-22-19(25-14-26-23)7-5-8-21(22)30-16(2)28/h3-12,14,16,28H,13H2,1-2H3,(H,25,26,27). The van der Waals surface area contributed by atoms with Gasteiger partial charge in [-0.3, -0.25) is 4.98 Å². The van der Waals surface area contributed by atoms with Gasteiger partial charge in [-0.25, -0.2) is 9.97 Å². The van der Waals surface area contributed by atoms with Crippen molar-refractivity contribution in [1.29, 1.82) is 0 Å². The Hall–Kier alpha value is -3.71. The number of nitrogens with one attached hydrogen (secondary N) is 1. The van der Waals surface area contributed by atoms with Crippen LogP contribution in [0.4, 0.5) is 11.5 Å². The van der Waals surface area contributed by atoms with E-state index in [1.165, 1.54) is 6.33 Å². The molecule has 2 aromatic heterocycles. The molecule has 0 aliphatic rings. The highest BCUT2D eigenvalue weighted by Gasteiger charge is 2.12. The molecule has 0 saturated heterocycles. The first-order valence-corrected chi connectivity index (χ1v) is 9.59. The van der Waals surface area contributed by atoms with E-state index in [0.29, 0.717) is 23.6 Å². The summed E-state index contributed by atoms with van der Waals surface area (Å²) in [4.78, 5) is 12.9. The van der Waals surface area contributed by atoms with Gasteiger partial charge in [-0.2, -0.15) is 0 Å². The summed E-state index contributed by atoms with van der Waals surface area (Å²) < 4.78 is 11.4. The molecule has 4 rings (SSSR count). The maximum absolute atomic E-state index is 9.64. The predicted molar refractivity (Wildman–Crippen MR) is 115 cm³/mol. The largest absolute Gasteiger partial charge is 0.487 e. The Bertz CT molecular complexity index is 1140. The van der Waals surface area contributed by atoms with Crippen LogP contribution in [0.1, 0.15) is 18.2 Å². The van der Waals surface area contributed by atoms with E-state index in [9.17, 15) is 5.11 Å². The molecule has 7 heteroatoms. The second-order valence-corrected chi connectivity index (χ2v) is 6.80. The third-order valence-electron chi connectivity index (χ3n) is 4.46. The van der Waals surface area contributed by atoms with Crippen LogP contribution in [0.2, 0.25) is 0 Å². The van der Waals surface area contributed by atoms with Crippen molar-refractivity contribution in [3.63, 3.8) is 0 Å². The lowest BCUT2D eigenvalue weighted by molar-refractivity contribution is 0.000888. The number of anilines is 2. The lowest BCUT2D eigenvalue weighted by atomic mass is 10.1. The van der Waals surface area contributed by atoms with Gasteiger partial charge in [-0.1, -0.05) is 12.1 Å². The fourth-order valence-electron chi connectivity index (χ4n) is 3.12. The van der Waals surface area contributed by atoms with Gasteiger partial charge in [0.15, 0.2) is 6.29 Å². The van der Waals surface area contributed by atoms with Gasteiger partial charge in [-0.15, -0.1) is 0 Å². The second-order valence-electron chi connectivity index (χ2n) is 6.80. The Balaban J connectivity index is 1.57. The first-order chi connectivity index (χ1) is 14.6. The van der Waals surface area contributed by atoms with Crippen LogP contribution in [-0.4, -0.2) is 26.3 Å². The highest BCUT2D eigenvalue weighted by Crippen LogP contribution is 2.33. The van der Waals surface area contributed by atoms with Crippen LogP contribution in [0.5, 0.6) is 11.5 Å². The van der Waals surface area contributed by atoms with Gasteiger partial charge in [0.2, 0.25) is 0 Å². The minimum atomic E-state index is -0.943. The van der Waals surface area contributed by atoms with Crippen molar-refractivity contribution in [3.8, 4) is 11.5 Å². The lowest BCUT2D eigenvalue weighted by Crippen LogP contribution is -2.10. The van der Waals surface area contributed by atoms with E-state index in [0.717, 1.165) is 28.2 Å². The first kappa shape index (κ1) is 19.6. The van der Waals surface area contributed by atoms with E-state index in [1.54, 1.807) is 19.2 Å². The summed E-state index contributed by atoms with van der Waals surface area (Å²) >= 11 is 0. The molecule has 2 N–H and O–H groups in total. The molecule has 1 atom stereocenters. The van der Waals surface area contributed by atoms with Crippen molar-refractivity contribution in [2.75, 3.05) is 5.32 Å². The highest BCUT2D eigenvalue weighted by molar-refractivity contribution is 5.95. The minimum Gasteiger partial charge on any atom is -0.487 e. The Morgan fingerprint density at radius 1 is 1.00 bits per heavy atom. The molecule has 7 nitrogen and oxygen atoms in total. The SMILES string of the molecule is Cc1cc(Nc2ncnc3cccc(OC(C)O)c23)ccc1OCc1ccccn1. The number of aliphatic hydroxyl groups excluding tert-OH is 1. The molecule has 0 radical (unpaired) electrons. The van der Waals surface area contributed by atoms with E-state index < -0.39 is 6.29 Å². The predicted octanol–water partition coefficient (Wildman–Crippen LogP) is 4.37. The molecule has 0 fully saturated rings. The fraction of sp³-hybridized carbons (Fsp3) is 0.174. The van der Waals surface area contributed by atoms with Crippen LogP contribution in [-0.2, 0) is 6.61 Å². The topological polar surface area (TPSA) is 89.4 Å². The molecule has 2 aromatic carbocycles. The van der Waals surface area contributed by atoms with Crippen LogP contribution in [0.25, 0.3) is 10.9 Å². The van der Waals surface area contributed by atoms with Gasteiger partial charge >= 0.3 is 0 Å². The molecular formula is C23H22N4O3. The molecule has 0 spiro atoms. The van der Waals surface area contributed by atoms with Crippen molar-refractivity contribution in [2.45, 2.75) is 26.7 Å². The Morgan fingerprint density at radius 2 is 1.90 bits per heavy atom. The van der Waals surface area contributed by atoms with Crippen molar-refractivity contribution in [3.05, 3.63) is 78.4 Å². The fourth-order valence-corrected chi connectivity index (χ4v) is 3.12. The number of hydrogen-bond acceptors (Lipinski definition) is 7. The average Bonchev–Trinajstić information content (AvgIpc) is 2.74. The second kappa shape index (κ2) is 8.75. The summed E-state index contributed by atoms with van der Waals surface area (Å²) in [7, 11) is 0. The maximum atomic E-state index is 9.64. The number of aromatic nitrogens is 3. The van der Waals surface area contributed by atoms with Crippen molar-refractivity contribution in [1.82, 2.24) is 15.0 Å². The number of benzene rings is 2. The first-order valence-electron chi connectivity index (χ1n) is 9.59. The number of pyridine rings is 1. The minimum absolute atomic E-state index is 0.408. The van der Waals surface area contributed by atoms with Crippen LogP contribution in [0.15, 0.2) is 67.1 Å². The van der Waals surface area contributed by atoms with Crippen LogP contribution in [0, 0.1) is 6.92 Å². The monoisotopic (exact) mass is 402 g/mol. The Kier molecular flexibility index (Phi) is 5.72. The normalized spacial score (nSPS) is 11.8. The Morgan fingerprint density at radius 3 is 2.67 bits per heavy atom. The van der Waals surface area contributed by atoms with E-state index in [2.05, 4.69) is 20.3 Å². The number of ether oxygens (including phenoxy) is 2. The summed E-state index contributed by atoms with van der Waals surface area (Å²) in [6, 6.07) is 17.0. The molecule has 1 unspecified atom stereocenters. The van der Waals surface area contributed by atoms with E-state index in [1.807, 2.05) is 55.5 Å². The number of fused-ring (bicyclic) bond motifs is 1. The third kappa shape index (κ3) is 4.47. The van der Waals surface area contributed by atoms with Crippen molar-refractivity contribution >= 4 is 22.4 Å². The molecular weight excluding hydrogens is 380 g/mol. The van der Waals surface area contributed by atoms with Crippen LogP contribution >= 0.6 is 0 Å². The number of aliphatic hydroxyl groups is 1. The van der Waals surface area contributed by atoms with Crippen molar-refractivity contribution in [2.24, 2.45) is 0 Å². The van der Waals surface area contributed by atoms with Gasteiger partial charge in [0.05, 0.1) is 16.6 Å². The summed E-state index contributed by atoms with van der Waals surface area (Å²) in [5.74, 6) is 1.90. The number of hydrogen-bond donors (Lipinski definition) is 2. The molecule has 2 heterocycles. The summed E-state index contributed by atoms with van der Waals surface area (Å²) in [6.45, 7) is 3.95. The Labute approximate surface area is 174 Å².